The molecule has 1 N–H and O–H groups in total. The molecule has 7 nitrogen and oxygen atoms in total. The quantitative estimate of drug-likeness (QED) is 0.633. The fourth-order valence-electron chi connectivity index (χ4n) is 2.30. The molecule has 1 amide bonds. The molecule has 2 rings (SSSR count). The Morgan fingerprint density at radius 3 is 2.41 bits per heavy atom. The zero-order valence-electron chi connectivity index (χ0n) is 15.8. The van der Waals surface area contributed by atoms with Gasteiger partial charge in [0.1, 0.15) is 11.9 Å². The summed E-state index contributed by atoms with van der Waals surface area (Å²) < 4.78 is 45.2. The van der Waals surface area contributed by atoms with Crippen molar-refractivity contribution in [2.45, 2.75) is 24.4 Å². The van der Waals surface area contributed by atoms with Gasteiger partial charge in [-0.05, 0) is 37.3 Å². The Morgan fingerprint density at radius 1 is 1.17 bits per heavy atom. The molecule has 0 spiro atoms. The van der Waals surface area contributed by atoms with Crippen LogP contribution in [0.3, 0.4) is 0 Å². The van der Waals surface area contributed by atoms with Gasteiger partial charge in [0.25, 0.3) is 5.91 Å². The number of nitrogens with zero attached hydrogens (tertiary/aromatic N) is 1. The highest BCUT2D eigenvalue weighted by Crippen LogP contribution is 2.14. The molecule has 2 aromatic rings. The van der Waals surface area contributed by atoms with Crippen molar-refractivity contribution in [3.63, 3.8) is 0 Å². The van der Waals surface area contributed by atoms with Crippen LogP contribution in [0.5, 0.6) is 0 Å². The smallest absolute Gasteiger partial charge is 0.324 e. The van der Waals surface area contributed by atoms with E-state index in [1.165, 1.54) is 55.3 Å². The lowest BCUT2D eigenvalue weighted by molar-refractivity contribution is -0.152. The lowest BCUT2D eigenvalue weighted by Crippen LogP contribution is -2.41. The molecular formula is C19H20ClFN2O5S. The van der Waals surface area contributed by atoms with Gasteiger partial charge in [-0.3, -0.25) is 9.59 Å². The van der Waals surface area contributed by atoms with E-state index in [9.17, 15) is 22.4 Å². The molecule has 10 heteroatoms. The van der Waals surface area contributed by atoms with E-state index in [1.54, 1.807) is 12.1 Å². The molecule has 0 bridgehead atoms. The molecule has 0 fully saturated rings. The van der Waals surface area contributed by atoms with Crippen LogP contribution < -0.4 is 4.72 Å². The van der Waals surface area contributed by atoms with E-state index in [2.05, 4.69) is 4.72 Å². The van der Waals surface area contributed by atoms with Gasteiger partial charge in [0.05, 0.1) is 4.90 Å². The van der Waals surface area contributed by atoms with Crippen LogP contribution in [0.1, 0.15) is 12.5 Å². The fourth-order valence-corrected chi connectivity index (χ4v) is 3.62. The van der Waals surface area contributed by atoms with Crippen molar-refractivity contribution in [2.24, 2.45) is 0 Å². The van der Waals surface area contributed by atoms with E-state index in [0.29, 0.717) is 10.6 Å². The molecule has 29 heavy (non-hydrogen) atoms. The second kappa shape index (κ2) is 9.82. The molecule has 2 aromatic carbocycles. The first-order valence-electron chi connectivity index (χ1n) is 8.52. The Hall–Kier alpha value is -2.49. The van der Waals surface area contributed by atoms with Gasteiger partial charge in [0, 0.05) is 24.2 Å². The normalized spacial score (nSPS) is 12.3. The van der Waals surface area contributed by atoms with Gasteiger partial charge in [-0.2, -0.15) is 4.72 Å². The maximum absolute atomic E-state index is 13.7. The van der Waals surface area contributed by atoms with Gasteiger partial charge in [0.2, 0.25) is 10.0 Å². The summed E-state index contributed by atoms with van der Waals surface area (Å²) in [4.78, 5) is 25.3. The van der Waals surface area contributed by atoms with Gasteiger partial charge in [0.15, 0.2) is 6.61 Å². The summed E-state index contributed by atoms with van der Waals surface area (Å²) in [6.07, 6.45) is 0. The molecule has 1 atom stereocenters. The van der Waals surface area contributed by atoms with Crippen molar-refractivity contribution in [3.05, 3.63) is 64.9 Å². The second-order valence-corrected chi connectivity index (χ2v) is 8.40. The zero-order valence-corrected chi connectivity index (χ0v) is 17.3. The number of hydrogen-bond acceptors (Lipinski definition) is 5. The highest BCUT2D eigenvalue weighted by atomic mass is 35.5. The number of benzene rings is 2. The number of halogens is 2. The van der Waals surface area contributed by atoms with Crippen molar-refractivity contribution in [3.8, 4) is 0 Å². The van der Waals surface area contributed by atoms with E-state index < -0.39 is 40.4 Å². The van der Waals surface area contributed by atoms with E-state index in [0.717, 1.165) is 0 Å². The van der Waals surface area contributed by atoms with Crippen molar-refractivity contribution in [1.82, 2.24) is 9.62 Å². The summed E-state index contributed by atoms with van der Waals surface area (Å²) in [6.45, 7) is 0.696. The van der Waals surface area contributed by atoms with Gasteiger partial charge in [-0.15, -0.1) is 0 Å². The largest absolute Gasteiger partial charge is 0.454 e. The maximum Gasteiger partial charge on any atom is 0.324 e. The van der Waals surface area contributed by atoms with Crippen molar-refractivity contribution in [2.75, 3.05) is 13.7 Å². The number of carbonyl (C=O) groups is 2. The third kappa shape index (κ3) is 6.52. The molecule has 0 saturated carbocycles. The maximum atomic E-state index is 13.7. The molecule has 156 valence electrons. The number of rotatable bonds is 8. The molecule has 0 unspecified atom stereocenters. The number of ether oxygens (including phenoxy) is 1. The summed E-state index contributed by atoms with van der Waals surface area (Å²) in [5, 5.41) is 0.370. The van der Waals surface area contributed by atoms with Gasteiger partial charge < -0.3 is 9.64 Å². The SMILES string of the molecule is C[C@H](NS(=O)(=O)c1ccc(Cl)cc1)C(=O)OCC(=O)N(C)Cc1ccccc1F. The van der Waals surface area contributed by atoms with E-state index in [1.807, 2.05) is 0 Å². The fraction of sp³-hybridized carbons (Fsp3) is 0.263. The number of esters is 1. The van der Waals surface area contributed by atoms with Crippen LogP contribution in [0.25, 0.3) is 0 Å². The summed E-state index contributed by atoms with van der Waals surface area (Å²) in [6, 6.07) is 10.2. The van der Waals surface area contributed by atoms with E-state index in [-0.39, 0.29) is 11.4 Å². The minimum Gasteiger partial charge on any atom is -0.454 e. The summed E-state index contributed by atoms with van der Waals surface area (Å²) in [5.74, 6) is -1.93. The Morgan fingerprint density at radius 2 is 1.79 bits per heavy atom. The van der Waals surface area contributed by atoms with Crippen LogP contribution >= 0.6 is 11.6 Å². The predicted octanol–water partition coefficient (Wildman–Crippen LogP) is 2.35. The molecule has 0 saturated heterocycles. The van der Waals surface area contributed by atoms with Crippen molar-refractivity contribution >= 4 is 33.5 Å². The number of hydrogen-bond donors (Lipinski definition) is 1. The average Bonchev–Trinajstić information content (AvgIpc) is 2.67. The van der Waals surface area contributed by atoms with Crippen molar-refractivity contribution < 1.29 is 27.1 Å². The van der Waals surface area contributed by atoms with Crippen LogP contribution in [0.2, 0.25) is 5.02 Å². The number of sulfonamides is 1. The Balaban J connectivity index is 1.88. The van der Waals surface area contributed by atoms with Crippen molar-refractivity contribution in [1.29, 1.82) is 0 Å². The zero-order chi connectivity index (χ0) is 21.6. The molecule has 0 aliphatic heterocycles. The highest BCUT2D eigenvalue weighted by Gasteiger charge is 2.24. The van der Waals surface area contributed by atoms with Gasteiger partial charge >= 0.3 is 5.97 Å². The van der Waals surface area contributed by atoms with Crippen LogP contribution in [0.15, 0.2) is 53.4 Å². The van der Waals surface area contributed by atoms with Gasteiger partial charge in [-0.1, -0.05) is 29.8 Å². The molecular weight excluding hydrogens is 423 g/mol. The van der Waals surface area contributed by atoms with Crippen LogP contribution in [0, 0.1) is 5.82 Å². The van der Waals surface area contributed by atoms with Crippen LogP contribution in [0.4, 0.5) is 4.39 Å². The number of amides is 1. The minimum atomic E-state index is -3.97. The monoisotopic (exact) mass is 442 g/mol. The first kappa shape index (κ1) is 22.8. The number of carbonyl (C=O) groups excluding carboxylic acids is 2. The summed E-state index contributed by atoms with van der Waals surface area (Å²) in [7, 11) is -2.53. The predicted molar refractivity (Wildman–Crippen MR) is 105 cm³/mol. The molecule has 0 radical (unpaired) electrons. The first-order valence-corrected chi connectivity index (χ1v) is 10.4. The summed E-state index contributed by atoms with van der Waals surface area (Å²) in [5.41, 5.74) is 0.318. The molecule has 0 aromatic heterocycles. The third-order valence-electron chi connectivity index (χ3n) is 3.94. The van der Waals surface area contributed by atoms with Gasteiger partial charge in [-0.25, -0.2) is 12.8 Å². The molecule has 0 heterocycles. The first-order chi connectivity index (χ1) is 13.6. The Bertz CT molecular complexity index is 982. The van der Waals surface area contributed by atoms with E-state index >= 15 is 0 Å². The third-order valence-corrected chi connectivity index (χ3v) is 5.75. The molecule has 0 aliphatic rings. The molecule has 0 aliphatic carbocycles. The standard InChI is InChI=1S/C19H20ClFN2O5S/c1-13(22-29(26,27)16-9-7-15(20)8-10-16)19(25)28-12-18(24)23(2)11-14-5-3-4-6-17(14)21/h3-10,13,22H,11-12H2,1-2H3/t13-/m0/s1. The second-order valence-electron chi connectivity index (χ2n) is 6.25. The lowest BCUT2D eigenvalue weighted by atomic mass is 10.2. The Labute approximate surface area is 173 Å². The average molecular weight is 443 g/mol. The van der Waals surface area contributed by atoms with Crippen LogP contribution in [-0.4, -0.2) is 44.9 Å². The highest BCUT2D eigenvalue weighted by molar-refractivity contribution is 7.89. The number of likely N-dealkylation sites (N-methyl/N-ethyl adjacent to an activating group) is 1. The lowest BCUT2D eigenvalue weighted by Gasteiger charge is -2.18. The number of nitrogens with one attached hydrogen (secondary N) is 1. The summed E-state index contributed by atoms with van der Waals surface area (Å²) >= 11 is 5.73. The Kier molecular flexibility index (Phi) is 7.72. The minimum absolute atomic E-state index is 0.00179. The van der Waals surface area contributed by atoms with E-state index in [4.69, 9.17) is 16.3 Å². The topological polar surface area (TPSA) is 92.8 Å². The van der Waals surface area contributed by atoms with Crippen LogP contribution in [-0.2, 0) is 30.9 Å².